The second-order valence-corrected chi connectivity index (χ2v) is 20.2. The van der Waals surface area contributed by atoms with Gasteiger partial charge >= 0.3 is 69.3 Å². The fourth-order valence-corrected chi connectivity index (χ4v) is 8.44. The van der Waals surface area contributed by atoms with Gasteiger partial charge in [0, 0.05) is 28.4 Å². The van der Waals surface area contributed by atoms with Gasteiger partial charge in [-0.3, -0.25) is 13.6 Å². The maximum absolute atomic E-state index is 10.7. The van der Waals surface area contributed by atoms with E-state index in [4.69, 9.17) is 63.6 Å². The van der Waals surface area contributed by atoms with Crippen LogP contribution >= 0.6 is 69.3 Å². The third kappa shape index (κ3) is 41.6. The van der Waals surface area contributed by atoms with Gasteiger partial charge in [-0.05, 0) is 11.8 Å². The Bertz CT molecular complexity index is 1230. The Balaban J connectivity index is -0.000000253. The topological polar surface area (TPSA) is 483 Å². The number of hydrogen-bond acceptors (Lipinski definition) is 18. The molecule has 13 N–H and O–H groups in total. The highest BCUT2D eigenvalue weighted by molar-refractivity contribution is 8.08. The van der Waals surface area contributed by atoms with E-state index in [1.165, 1.54) is 0 Å². The van der Waals surface area contributed by atoms with Crippen LogP contribution in [-0.4, -0.2) is 92.1 Å². The lowest BCUT2D eigenvalue weighted by molar-refractivity contribution is 0.189. The Labute approximate surface area is 249 Å². The summed E-state index contributed by atoms with van der Waals surface area (Å²) in [5, 5.41) is 0. The Morgan fingerprint density at radius 3 is 0.750 bits per heavy atom. The summed E-state index contributed by atoms with van der Waals surface area (Å²) in [7, 11) is -36.2. The molecule has 0 aromatic heterocycles. The van der Waals surface area contributed by atoms with Crippen LogP contribution < -0.4 is 0 Å². The summed E-state index contributed by atoms with van der Waals surface area (Å²) in [5.74, 6) is 0. The lowest BCUT2D eigenvalue weighted by atomic mass is 11.8. The molecule has 40 heteroatoms. The van der Waals surface area contributed by atoms with Gasteiger partial charge in [0.15, 0.2) is 0 Å². The molecule has 0 bridgehead atoms. The van der Waals surface area contributed by atoms with Crippen molar-refractivity contribution in [2.24, 2.45) is 0 Å². The molecule has 0 spiro atoms. The first-order chi connectivity index (χ1) is 18.8. The molecule has 0 aliphatic carbocycles. The third-order valence-electron chi connectivity index (χ3n) is 1.97. The Morgan fingerprint density at radius 1 is 0.341 bits per heavy atom. The number of hydrogen-bond donors (Lipinski definition) is 13. The van der Waals surface area contributed by atoms with Crippen molar-refractivity contribution in [3.8, 4) is 0 Å². The van der Waals surface area contributed by atoms with Gasteiger partial charge in [-0.15, -0.1) is 0 Å². The van der Waals surface area contributed by atoms with E-state index in [1.807, 2.05) is 0 Å². The van der Waals surface area contributed by atoms with Crippen molar-refractivity contribution in [3.05, 3.63) is 0 Å². The van der Waals surface area contributed by atoms with E-state index in [9.17, 15) is 36.5 Å². The molecule has 0 rings (SSSR count). The maximum atomic E-state index is 10.7. The second kappa shape index (κ2) is 20.3. The zero-order valence-electron chi connectivity index (χ0n) is 21.2. The van der Waals surface area contributed by atoms with Gasteiger partial charge in [0.1, 0.15) is 0 Å². The molecule has 0 aromatic carbocycles. The van der Waals surface area contributed by atoms with Crippen molar-refractivity contribution in [1.29, 1.82) is 0 Å². The summed E-state index contributed by atoms with van der Waals surface area (Å²) in [5.41, 5.74) is 0. The maximum Gasteiger partial charge on any atom is 0.490 e. The predicted octanol–water partition coefficient (Wildman–Crippen LogP) is -0.397. The van der Waals surface area contributed by atoms with Crippen LogP contribution in [-0.2, 0) is 88.0 Å². The third-order valence-corrected chi connectivity index (χ3v) is 13.2. The molecule has 0 radical (unpaired) electrons. The second-order valence-electron chi connectivity index (χ2n) is 5.44. The average Bonchev–Trinajstić information content (AvgIpc) is 2.67. The van der Waals surface area contributed by atoms with Gasteiger partial charge < -0.3 is 68.1 Å². The van der Waals surface area contributed by atoms with E-state index in [2.05, 4.69) is 51.5 Å². The summed E-state index contributed by atoms with van der Waals surface area (Å²) < 4.78 is 114. The van der Waals surface area contributed by atoms with Crippen molar-refractivity contribution in [1.82, 2.24) is 0 Å². The smallest absolute Gasteiger partial charge is 0.324 e. The molecular formula is C4H25O30P9S. The largest absolute Gasteiger partial charge is 0.490 e. The van der Waals surface area contributed by atoms with Crippen LogP contribution in [0.15, 0.2) is 0 Å². The van der Waals surface area contributed by atoms with E-state index in [0.29, 0.717) is 7.11 Å². The van der Waals surface area contributed by atoms with Crippen molar-refractivity contribution in [3.63, 3.8) is 0 Å². The summed E-state index contributed by atoms with van der Waals surface area (Å²) in [4.78, 5) is 107. The van der Waals surface area contributed by atoms with E-state index >= 15 is 0 Å². The predicted molar refractivity (Wildman–Crippen MR) is 137 cm³/mol. The average molecular weight is 864 g/mol. The number of rotatable bonds is 14. The SMILES string of the molecule is COP(=O)(O)O.COP(=O)(O)OP(=O)(O)O.COP(=O)(O)OP(=O)(O)OP(=O)(O)O.COP(O)(=S)OP(=O)(O)OP(=O)(O)O. The molecule has 5 atom stereocenters. The molecule has 0 aliphatic heterocycles. The van der Waals surface area contributed by atoms with Gasteiger partial charge in [-0.25, -0.2) is 40.8 Å². The molecule has 0 fully saturated rings. The molecule has 5 unspecified atom stereocenters. The fraction of sp³-hybridized carbons (Fsp3) is 1.00. The standard InChI is InChI=1S/CH7O10P3.CH7O9P3S.CH6O7P2.CH5O4P/c1-9-13(5,6)11-14(7,8)10-12(2,3)4;1-8-13(7,14)10-12(5,6)9-11(2,3)4;1-7-10(5,6)8-9(2,3)4;1-5-6(2,3)4/h1H3,(H,5,6)(H,7,8)(H2,2,3,4);1H3,(H,5,6)(H,7,14)(H2,2,3,4);1H3,(H,5,6)(H2,2,3,4);1H3,(H2,2,3,4). The van der Waals surface area contributed by atoms with Crippen LogP contribution in [0.2, 0.25) is 0 Å². The summed E-state index contributed by atoms with van der Waals surface area (Å²) in [6, 6.07) is 0. The molecule has 30 nitrogen and oxygen atoms in total. The van der Waals surface area contributed by atoms with Gasteiger partial charge in [-0.1, -0.05) is 0 Å². The number of phosphoric acid groups is 8. The molecule has 0 saturated heterocycles. The van der Waals surface area contributed by atoms with E-state index < -0.39 is 69.3 Å². The van der Waals surface area contributed by atoms with Crippen LogP contribution in [0.1, 0.15) is 0 Å². The summed E-state index contributed by atoms with van der Waals surface area (Å²) >= 11 is 4.14. The highest BCUT2D eigenvalue weighted by Gasteiger charge is 2.40. The highest BCUT2D eigenvalue weighted by atomic mass is 32.5. The fourth-order valence-electron chi connectivity index (χ4n) is 0.794. The minimum atomic E-state index is -5.35. The Morgan fingerprint density at radius 2 is 0.568 bits per heavy atom. The lowest BCUT2D eigenvalue weighted by Gasteiger charge is -2.16. The highest BCUT2D eigenvalue weighted by Crippen LogP contribution is 2.67. The Hall–Kier alpha value is 1.61. The zero-order valence-corrected chi connectivity index (χ0v) is 30.1. The Kier molecular flexibility index (Phi) is 24.2. The van der Waals surface area contributed by atoms with Crippen LogP contribution in [0.5, 0.6) is 0 Å². The first-order valence-corrected chi connectivity index (χ1v) is 23.1. The molecule has 0 amide bonds. The van der Waals surface area contributed by atoms with E-state index in [-0.39, 0.29) is 0 Å². The molecule has 0 aromatic rings. The van der Waals surface area contributed by atoms with Crippen molar-refractivity contribution < 1.29 is 140 Å². The van der Waals surface area contributed by atoms with Crippen LogP contribution in [0.4, 0.5) is 0 Å². The van der Waals surface area contributed by atoms with Gasteiger partial charge in [0.25, 0.3) is 0 Å². The lowest BCUT2D eigenvalue weighted by Crippen LogP contribution is -1.93. The van der Waals surface area contributed by atoms with Crippen molar-refractivity contribution in [2.45, 2.75) is 0 Å². The molecule has 272 valence electrons. The summed E-state index contributed by atoms with van der Waals surface area (Å²) in [6.45, 7) is -4.03. The summed E-state index contributed by atoms with van der Waals surface area (Å²) in [6.07, 6.45) is 0. The quantitative estimate of drug-likeness (QED) is 0.0988. The van der Waals surface area contributed by atoms with Crippen LogP contribution in [0.3, 0.4) is 0 Å². The molecule has 0 aliphatic rings. The molecular weight excluding hydrogens is 839 g/mol. The first-order valence-electron chi connectivity index (χ1n) is 8.43. The van der Waals surface area contributed by atoms with Crippen molar-refractivity contribution in [2.75, 3.05) is 28.4 Å². The molecule has 44 heavy (non-hydrogen) atoms. The zero-order chi connectivity index (χ0) is 36.9. The molecule has 0 heterocycles. The van der Waals surface area contributed by atoms with Crippen LogP contribution in [0.25, 0.3) is 0 Å². The normalized spacial score (nSPS) is 19.3. The minimum Gasteiger partial charge on any atom is -0.324 e. The van der Waals surface area contributed by atoms with E-state index in [0.717, 1.165) is 21.3 Å². The number of phosphoric ester groups is 3. The van der Waals surface area contributed by atoms with E-state index in [1.54, 1.807) is 0 Å². The first kappa shape index (κ1) is 52.4. The van der Waals surface area contributed by atoms with Crippen LogP contribution in [0, 0.1) is 0 Å². The van der Waals surface area contributed by atoms with Gasteiger partial charge in [0.05, 0.1) is 0 Å². The monoisotopic (exact) mass is 864 g/mol. The van der Waals surface area contributed by atoms with Gasteiger partial charge in [0.2, 0.25) is 0 Å². The molecule has 0 saturated carbocycles. The minimum absolute atomic E-state index is 0.679. The van der Waals surface area contributed by atoms with Crippen molar-refractivity contribution >= 4 is 81.1 Å². The van der Waals surface area contributed by atoms with Gasteiger partial charge in [-0.2, -0.15) is 17.2 Å².